The van der Waals surface area contributed by atoms with Crippen LogP contribution >= 0.6 is 11.6 Å². The molecule has 0 N–H and O–H groups in total. The fourth-order valence-electron chi connectivity index (χ4n) is 2.47. The van der Waals surface area contributed by atoms with Crippen molar-refractivity contribution in [2.45, 2.75) is 6.42 Å². The minimum absolute atomic E-state index is 0.0611. The van der Waals surface area contributed by atoms with Crippen molar-refractivity contribution in [2.75, 3.05) is 24.7 Å². The molecule has 1 fully saturated rings. The first-order valence-electron chi connectivity index (χ1n) is 6.30. The number of hydrogen-bond acceptors (Lipinski definition) is 5. The SMILES string of the molecule is O=C(c1cc2c(cc1Cl)OCCO2)C1CCS(=O)(=O)C1. The number of carbonyl (C=O) groups excluding carboxylic acids is 1. The molecule has 1 unspecified atom stereocenters. The normalized spacial score (nSPS) is 23.6. The van der Waals surface area contributed by atoms with Crippen LogP contribution in [0, 0.1) is 5.92 Å². The summed E-state index contributed by atoms with van der Waals surface area (Å²) in [7, 11) is -3.10. The van der Waals surface area contributed by atoms with Gasteiger partial charge in [0.15, 0.2) is 27.1 Å². The fourth-order valence-corrected chi connectivity index (χ4v) is 4.46. The first kappa shape index (κ1) is 13.7. The highest BCUT2D eigenvalue weighted by molar-refractivity contribution is 7.91. The zero-order chi connectivity index (χ0) is 14.3. The Morgan fingerprint density at radius 2 is 1.85 bits per heavy atom. The topological polar surface area (TPSA) is 69.7 Å². The Balaban J connectivity index is 1.92. The molecule has 0 aliphatic carbocycles. The summed E-state index contributed by atoms with van der Waals surface area (Å²) in [6, 6.07) is 3.09. The minimum atomic E-state index is -3.10. The molecule has 1 atom stereocenters. The van der Waals surface area contributed by atoms with Crippen LogP contribution in [0.4, 0.5) is 0 Å². The van der Waals surface area contributed by atoms with Crippen LogP contribution in [-0.4, -0.2) is 38.9 Å². The van der Waals surface area contributed by atoms with Crippen molar-refractivity contribution >= 4 is 27.2 Å². The van der Waals surface area contributed by atoms with Crippen LogP contribution < -0.4 is 9.47 Å². The standard InChI is InChI=1S/C13H13ClO5S/c14-10-6-12-11(18-2-3-19-12)5-9(10)13(15)8-1-4-20(16,17)7-8/h5-6,8H,1-4,7H2. The predicted octanol–water partition coefficient (Wildman–Crippen LogP) is 1.73. The molecule has 3 rings (SSSR count). The number of hydrogen-bond donors (Lipinski definition) is 0. The molecule has 0 bridgehead atoms. The number of Topliss-reactive ketones (excluding diaryl/α,β-unsaturated/α-hetero) is 1. The average molecular weight is 317 g/mol. The third-order valence-corrected chi connectivity index (χ3v) is 5.58. The van der Waals surface area contributed by atoms with E-state index in [0.29, 0.717) is 36.7 Å². The van der Waals surface area contributed by atoms with Crippen molar-refractivity contribution in [1.82, 2.24) is 0 Å². The molecule has 1 aromatic carbocycles. The van der Waals surface area contributed by atoms with Gasteiger partial charge in [-0.3, -0.25) is 4.79 Å². The Morgan fingerprint density at radius 1 is 1.20 bits per heavy atom. The maximum absolute atomic E-state index is 12.4. The molecular weight excluding hydrogens is 304 g/mol. The molecule has 0 saturated carbocycles. The smallest absolute Gasteiger partial charge is 0.168 e. The third-order valence-electron chi connectivity index (χ3n) is 3.50. The van der Waals surface area contributed by atoms with Gasteiger partial charge in [0.1, 0.15) is 13.2 Å². The third kappa shape index (κ3) is 2.50. The lowest BCUT2D eigenvalue weighted by Gasteiger charge is -2.20. The number of fused-ring (bicyclic) bond motifs is 1. The van der Waals surface area contributed by atoms with Gasteiger partial charge >= 0.3 is 0 Å². The molecule has 2 aliphatic rings. The summed E-state index contributed by atoms with van der Waals surface area (Å²) in [5.74, 6) is 0.192. The first-order chi connectivity index (χ1) is 9.46. The van der Waals surface area contributed by atoms with Crippen LogP contribution in [0.5, 0.6) is 11.5 Å². The predicted molar refractivity (Wildman–Crippen MR) is 73.5 cm³/mol. The van der Waals surface area contributed by atoms with E-state index < -0.39 is 15.8 Å². The van der Waals surface area contributed by atoms with E-state index in [1.54, 1.807) is 12.1 Å². The molecule has 108 valence electrons. The van der Waals surface area contributed by atoms with Gasteiger partial charge in [-0.2, -0.15) is 0 Å². The lowest BCUT2D eigenvalue weighted by Crippen LogP contribution is -2.19. The van der Waals surface area contributed by atoms with E-state index in [2.05, 4.69) is 0 Å². The number of ketones is 1. The van der Waals surface area contributed by atoms with Crippen molar-refractivity contribution in [1.29, 1.82) is 0 Å². The largest absolute Gasteiger partial charge is 0.486 e. The van der Waals surface area contributed by atoms with E-state index >= 15 is 0 Å². The Hall–Kier alpha value is -1.27. The van der Waals surface area contributed by atoms with Crippen molar-refractivity contribution < 1.29 is 22.7 Å². The van der Waals surface area contributed by atoms with Gasteiger partial charge < -0.3 is 9.47 Å². The van der Waals surface area contributed by atoms with E-state index in [-0.39, 0.29) is 22.3 Å². The Morgan fingerprint density at radius 3 is 2.45 bits per heavy atom. The van der Waals surface area contributed by atoms with Crippen LogP contribution in [0.1, 0.15) is 16.8 Å². The Kier molecular flexibility index (Phi) is 3.38. The fraction of sp³-hybridized carbons (Fsp3) is 0.462. The van der Waals surface area contributed by atoms with Crippen LogP contribution in [0.2, 0.25) is 5.02 Å². The van der Waals surface area contributed by atoms with Gasteiger partial charge in [0.05, 0.1) is 16.5 Å². The highest BCUT2D eigenvalue weighted by Crippen LogP contribution is 2.37. The van der Waals surface area contributed by atoms with Gasteiger partial charge in [-0.05, 0) is 12.5 Å². The molecule has 2 heterocycles. The second-order valence-corrected chi connectivity index (χ2v) is 7.58. The van der Waals surface area contributed by atoms with Gasteiger partial charge in [-0.15, -0.1) is 0 Å². The molecule has 7 heteroatoms. The molecule has 5 nitrogen and oxygen atoms in total. The molecule has 0 aromatic heterocycles. The van der Waals surface area contributed by atoms with Crippen LogP contribution in [0.15, 0.2) is 12.1 Å². The molecule has 20 heavy (non-hydrogen) atoms. The minimum Gasteiger partial charge on any atom is -0.486 e. The maximum Gasteiger partial charge on any atom is 0.168 e. The van der Waals surface area contributed by atoms with Gasteiger partial charge in [0.2, 0.25) is 0 Å². The summed E-state index contributed by atoms with van der Waals surface area (Å²) < 4.78 is 33.7. The maximum atomic E-state index is 12.4. The van der Waals surface area contributed by atoms with Crippen molar-refractivity contribution in [3.05, 3.63) is 22.7 Å². The summed E-state index contributed by atoms with van der Waals surface area (Å²) in [5, 5.41) is 0.267. The number of ether oxygens (including phenoxy) is 2. The van der Waals surface area contributed by atoms with Crippen molar-refractivity contribution in [3.8, 4) is 11.5 Å². The average Bonchev–Trinajstić information content (AvgIpc) is 2.77. The highest BCUT2D eigenvalue weighted by Gasteiger charge is 2.34. The number of rotatable bonds is 2. The van der Waals surface area contributed by atoms with E-state index in [0.717, 1.165) is 0 Å². The summed E-state index contributed by atoms with van der Waals surface area (Å²) in [6.07, 6.45) is 0.353. The molecule has 2 aliphatic heterocycles. The summed E-state index contributed by atoms with van der Waals surface area (Å²) in [6.45, 7) is 0.859. The Labute approximate surface area is 121 Å². The second-order valence-electron chi connectivity index (χ2n) is 4.94. The number of sulfone groups is 1. The van der Waals surface area contributed by atoms with Crippen molar-refractivity contribution in [2.24, 2.45) is 5.92 Å². The molecule has 1 aromatic rings. The van der Waals surface area contributed by atoms with E-state index in [1.165, 1.54) is 0 Å². The summed E-state index contributed by atoms with van der Waals surface area (Å²) in [4.78, 5) is 12.4. The zero-order valence-corrected chi connectivity index (χ0v) is 12.2. The molecule has 1 saturated heterocycles. The monoisotopic (exact) mass is 316 g/mol. The lowest BCUT2D eigenvalue weighted by molar-refractivity contribution is 0.0932. The highest BCUT2D eigenvalue weighted by atomic mass is 35.5. The number of halogens is 1. The quantitative estimate of drug-likeness (QED) is 0.777. The van der Waals surface area contributed by atoms with Gasteiger partial charge in [-0.1, -0.05) is 11.6 Å². The lowest BCUT2D eigenvalue weighted by atomic mass is 9.97. The van der Waals surface area contributed by atoms with Crippen LogP contribution in [-0.2, 0) is 9.84 Å². The van der Waals surface area contributed by atoms with Gasteiger partial charge in [0.25, 0.3) is 0 Å². The molecule has 0 amide bonds. The summed E-state index contributed by atoms with van der Waals surface area (Å²) >= 11 is 6.10. The van der Waals surface area contributed by atoms with Gasteiger partial charge in [0, 0.05) is 17.5 Å². The molecular formula is C13H13ClO5S. The zero-order valence-electron chi connectivity index (χ0n) is 10.6. The van der Waals surface area contributed by atoms with Crippen molar-refractivity contribution in [3.63, 3.8) is 0 Å². The Bertz CT molecular complexity index is 668. The number of carbonyl (C=O) groups is 1. The van der Waals surface area contributed by atoms with E-state index in [9.17, 15) is 13.2 Å². The second kappa shape index (κ2) is 4.93. The number of benzene rings is 1. The molecule has 0 radical (unpaired) electrons. The first-order valence-corrected chi connectivity index (χ1v) is 8.50. The van der Waals surface area contributed by atoms with Crippen LogP contribution in [0.25, 0.3) is 0 Å². The van der Waals surface area contributed by atoms with E-state index in [4.69, 9.17) is 21.1 Å². The summed E-state index contributed by atoms with van der Waals surface area (Å²) in [5.41, 5.74) is 0.304. The van der Waals surface area contributed by atoms with E-state index in [1.807, 2.05) is 0 Å². The van der Waals surface area contributed by atoms with Crippen LogP contribution in [0.3, 0.4) is 0 Å². The van der Waals surface area contributed by atoms with Gasteiger partial charge in [-0.25, -0.2) is 8.42 Å². The molecule has 0 spiro atoms.